The zero-order chi connectivity index (χ0) is 23.0. The fourth-order valence-corrected chi connectivity index (χ4v) is 3.40. The Bertz CT molecular complexity index is 1220. The average molecular weight is 440 g/mol. The molecule has 0 unspecified atom stereocenters. The molecule has 3 rings (SSSR count). The first-order chi connectivity index (χ1) is 14.5. The molecule has 168 valence electrons. The van der Waals surface area contributed by atoms with Gasteiger partial charge in [-0.1, -0.05) is 0 Å². The summed E-state index contributed by atoms with van der Waals surface area (Å²) in [6, 6.07) is 0. The molecule has 14 nitrogen and oxygen atoms in total. The molecule has 1 aliphatic rings. The van der Waals surface area contributed by atoms with Gasteiger partial charge in [0, 0.05) is 27.8 Å². The van der Waals surface area contributed by atoms with Crippen LogP contribution in [0, 0.1) is 0 Å². The third-order valence-electron chi connectivity index (χ3n) is 4.57. The van der Waals surface area contributed by atoms with E-state index in [1.165, 1.54) is 7.05 Å². The fraction of sp³-hybridized carbons (Fsp3) is 0.529. The lowest BCUT2D eigenvalue weighted by Gasteiger charge is -2.23. The van der Waals surface area contributed by atoms with Gasteiger partial charge in [-0.15, -0.1) is 0 Å². The second-order valence-corrected chi connectivity index (χ2v) is 6.83. The van der Waals surface area contributed by atoms with Crippen molar-refractivity contribution in [2.24, 2.45) is 7.05 Å². The molecule has 0 radical (unpaired) electrons. The van der Waals surface area contributed by atoms with Crippen LogP contribution in [0.4, 0.5) is 0 Å². The Morgan fingerprint density at radius 3 is 2.13 bits per heavy atom. The van der Waals surface area contributed by atoms with E-state index in [4.69, 9.17) is 18.9 Å². The van der Waals surface area contributed by atoms with Gasteiger partial charge < -0.3 is 18.9 Å². The molecule has 0 spiro atoms. The summed E-state index contributed by atoms with van der Waals surface area (Å²) in [5.74, 6) is -2.16. The lowest BCUT2D eigenvalue weighted by molar-refractivity contribution is -0.166. The number of rotatable bonds is 5. The zero-order valence-corrected chi connectivity index (χ0v) is 17.0. The second-order valence-electron chi connectivity index (χ2n) is 6.83. The molecule has 4 atom stereocenters. The molecule has 1 saturated heterocycles. The van der Waals surface area contributed by atoms with Crippen LogP contribution in [0.2, 0.25) is 0 Å². The van der Waals surface area contributed by atoms with Gasteiger partial charge in [0.25, 0.3) is 5.56 Å². The minimum absolute atomic E-state index is 0.143. The molecule has 0 amide bonds. The Balaban J connectivity index is 2.19. The highest BCUT2D eigenvalue weighted by atomic mass is 16.7. The third kappa shape index (κ3) is 4.14. The molecule has 31 heavy (non-hydrogen) atoms. The summed E-state index contributed by atoms with van der Waals surface area (Å²) in [4.78, 5) is 75.9. The molecule has 0 saturated carbocycles. The first-order valence-corrected chi connectivity index (χ1v) is 9.08. The Hall–Kier alpha value is -3.68. The van der Waals surface area contributed by atoms with E-state index in [2.05, 4.69) is 4.98 Å². The number of nitrogens with one attached hydrogen (secondary N) is 2. The molecule has 1 aliphatic heterocycles. The summed E-state index contributed by atoms with van der Waals surface area (Å²) < 4.78 is 23.1. The van der Waals surface area contributed by atoms with Crippen LogP contribution in [-0.2, 0) is 40.4 Å². The predicted octanol–water partition coefficient (Wildman–Crippen LogP) is -1.96. The standard InChI is InChI=1S/C17H20N4O10/c1-6(22)28-5-9-11(29-7(2)23)12(30-8(3)24)15(31-9)21-14-10(18-17(21)27)13(25)19-16(26)20(14)4/h9,11-12,15H,5H2,1-4H3,(H,18,27)(H,19,25,26)/t9-,11-,12-,15-/m1/s1. The van der Waals surface area contributed by atoms with Crippen molar-refractivity contribution in [2.45, 2.75) is 45.3 Å². The number of nitrogens with zero attached hydrogens (tertiary/aromatic N) is 2. The van der Waals surface area contributed by atoms with Crippen molar-refractivity contribution in [2.75, 3.05) is 6.61 Å². The predicted molar refractivity (Wildman–Crippen MR) is 100 cm³/mol. The number of imidazole rings is 1. The van der Waals surface area contributed by atoms with Gasteiger partial charge in [-0.2, -0.15) is 0 Å². The molecule has 2 aromatic rings. The van der Waals surface area contributed by atoms with Gasteiger partial charge in [0.2, 0.25) is 0 Å². The van der Waals surface area contributed by atoms with E-state index in [1.54, 1.807) is 0 Å². The first kappa shape index (κ1) is 22.0. The summed E-state index contributed by atoms with van der Waals surface area (Å²) in [6.45, 7) is 2.99. The van der Waals surface area contributed by atoms with Crippen LogP contribution >= 0.6 is 0 Å². The first-order valence-electron chi connectivity index (χ1n) is 9.08. The number of carbonyl (C=O) groups excluding carboxylic acids is 3. The van der Waals surface area contributed by atoms with Crippen LogP contribution < -0.4 is 16.9 Å². The van der Waals surface area contributed by atoms with Crippen molar-refractivity contribution in [3.05, 3.63) is 31.3 Å². The Kier molecular flexibility index (Phi) is 5.83. The largest absolute Gasteiger partial charge is 0.463 e. The van der Waals surface area contributed by atoms with Crippen LogP contribution in [-0.4, -0.2) is 61.9 Å². The fourth-order valence-electron chi connectivity index (χ4n) is 3.40. The Morgan fingerprint density at radius 1 is 0.935 bits per heavy atom. The van der Waals surface area contributed by atoms with E-state index in [0.29, 0.717) is 0 Å². The maximum Gasteiger partial charge on any atom is 0.330 e. The number of carbonyl (C=O) groups is 3. The maximum absolute atomic E-state index is 12.7. The van der Waals surface area contributed by atoms with Gasteiger partial charge >= 0.3 is 29.3 Å². The van der Waals surface area contributed by atoms with Gasteiger partial charge in [-0.3, -0.25) is 33.7 Å². The number of hydrogen-bond donors (Lipinski definition) is 2. The second kappa shape index (κ2) is 8.22. The molecule has 0 bridgehead atoms. The molecule has 0 aliphatic carbocycles. The van der Waals surface area contributed by atoms with Crippen LogP contribution in [0.1, 0.15) is 27.0 Å². The topological polar surface area (TPSA) is 181 Å². The van der Waals surface area contributed by atoms with Crippen LogP contribution in [0.15, 0.2) is 14.4 Å². The lowest BCUT2D eigenvalue weighted by Crippen LogP contribution is -2.41. The van der Waals surface area contributed by atoms with Gasteiger partial charge in [-0.05, 0) is 0 Å². The summed E-state index contributed by atoms with van der Waals surface area (Å²) >= 11 is 0. The highest BCUT2D eigenvalue weighted by molar-refractivity contribution is 5.70. The number of aromatic amines is 2. The number of hydrogen-bond acceptors (Lipinski definition) is 10. The number of H-pyrrole nitrogens is 2. The number of ether oxygens (including phenoxy) is 4. The summed E-state index contributed by atoms with van der Waals surface area (Å²) in [6.07, 6.45) is -5.13. The highest BCUT2D eigenvalue weighted by Gasteiger charge is 2.51. The zero-order valence-electron chi connectivity index (χ0n) is 17.0. The van der Waals surface area contributed by atoms with Crippen LogP contribution in [0.3, 0.4) is 0 Å². The summed E-state index contributed by atoms with van der Waals surface area (Å²) in [5.41, 5.74) is -2.86. The lowest BCUT2D eigenvalue weighted by atomic mass is 10.1. The van der Waals surface area contributed by atoms with Crippen molar-refractivity contribution < 1.29 is 33.3 Å². The number of aromatic nitrogens is 4. The average Bonchev–Trinajstić information content (AvgIpc) is 3.15. The van der Waals surface area contributed by atoms with Crippen molar-refractivity contribution >= 4 is 29.1 Å². The van der Waals surface area contributed by atoms with E-state index in [0.717, 1.165) is 29.9 Å². The van der Waals surface area contributed by atoms with Gasteiger partial charge in [0.05, 0.1) is 0 Å². The molecular weight excluding hydrogens is 420 g/mol. The van der Waals surface area contributed by atoms with Gasteiger partial charge in [0.1, 0.15) is 12.7 Å². The smallest absolute Gasteiger partial charge is 0.330 e. The molecular formula is C17H20N4O10. The van der Waals surface area contributed by atoms with Crippen molar-refractivity contribution in [3.8, 4) is 0 Å². The monoisotopic (exact) mass is 440 g/mol. The van der Waals surface area contributed by atoms with Crippen molar-refractivity contribution in [1.82, 2.24) is 19.1 Å². The van der Waals surface area contributed by atoms with Crippen LogP contribution in [0.5, 0.6) is 0 Å². The molecule has 14 heteroatoms. The number of esters is 3. The van der Waals surface area contributed by atoms with Crippen molar-refractivity contribution in [1.29, 1.82) is 0 Å². The SMILES string of the molecule is CC(=O)OC[C@H]1O[C@@H](n2c(=O)[nH]c3c(=O)[nH]c(=O)n(C)c32)[C@H](OC(C)=O)[C@@H]1OC(C)=O. The minimum atomic E-state index is -1.41. The van der Waals surface area contributed by atoms with E-state index in [1.807, 2.05) is 4.98 Å². The molecule has 3 heterocycles. The van der Waals surface area contributed by atoms with E-state index in [-0.39, 0.29) is 17.8 Å². The molecule has 0 aromatic carbocycles. The Labute approximate surface area is 172 Å². The highest BCUT2D eigenvalue weighted by Crippen LogP contribution is 2.34. The van der Waals surface area contributed by atoms with Crippen molar-refractivity contribution in [3.63, 3.8) is 0 Å². The summed E-state index contributed by atoms with van der Waals surface area (Å²) in [7, 11) is 1.31. The van der Waals surface area contributed by atoms with Crippen LogP contribution in [0.25, 0.3) is 11.2 Å². The van der Waals surface area contributed by atoms with E-state index < -0.39 is 59.4 Å². The molecule has 1 fully saturated rings. The Morgan fingerprint density at radius 2 is 1.55 bits per heavy atom. The van der Waals surface area contributed by atoms with Gasteiger partial charge in [0.15, 0.2) is 29.6 Å². The minimum Gasteiger partial charge on any atom is -0.463 e. The normalized spacial score (nSPS) is 23.0. The number of fused-ring (bicyclic) bond motifs is 1. The molecule has 2 aromatic heterocycles. The maximum atomic E-state index is 12.7. The quantitative estimate of drug-likeness (QED) is 0.391. The summed E-state index contributed by atoms with van der Waals surface area (Å²) in [5, 5.41) is 0. The molecule has 2 N–H and O–H groups in total. The van der Waals surface area contributed by atoms with E-state index in [9.17, 15) is 28.8 Å². The van der Waals surface area contributed by atoms with E-state index >= 15 is 0 Å². The third-order valence-corrected chi connectivity index (χ3v) is 4.57. The van der Waals surface area contributed by atoms with Gasteiger partial charge in [-0.25, -0.2) is 14.2 Å². The number of aryl methyl sites for hydroxylation is 1.